The van der Waals surface area contributed by atoms with Crippen molar-refractivity contribution in [3.63, 3.8) is 0 Å². The maximum atomic E-state index is 13.2. The van der Waals surface area contributed by atoms with E-state index >= 15 is 0 Å². The molecular formula is C8H9FO3S. The van der Waals surface area contributed by atoms with Gasteiger partial charge in [0.15, 0.2) is 0 Å². The second-order valence-electron chi connectivity index (χ2n) is 2.79. The molecule has 0 atom stereocenters. The highest BCUT2D eigenvalue weighted by atomic mass is 32.2. The van der Waals surface area contributed by atoms with Crippen LogP contribution in [0, 0.1) is 19.7 Å². The summed E-state index contributed by atoms with van der Waals surface area (Å²) in [7, 11) is -4.45. The molecule has 1 N–H and O–H groups in total. The van der Waals surface area contributed by atoms with Crippen LogP contribution in [-0.2, 0) is 10.1 Å². The fourth-order valence-corrected chi connectivity index (χ4v) is 1.58. The lowest BCUT2D eigenvalue weighted by atomic mass is 10.1. The lowest BCUT2D eigenvalue weighted by molar-refractivity contribution is 0.472. The van der Waals surface area contributed by atoms with E-state index in [0.29, 0.717) is 5.56 Å². The molecule has 0 aromatic heterocycles. The number of aryl methyl sites for hydroxylation is 1. The zero-order chi connectivity index (χ0) is 10.2. The maximum Gasteiger partial charge on any atom is 0.297 e. The Morgan fingerprint density at radius 2 is 1.85 bits per heavy atom. The molecule has 0 aliphatic rings. The Morgan fingerprint density at radius 3 is 2.31 bits per heavy atom. The lowest BCUT2D eigenvalue weighted by Gasteiger charge is -2.04. The van der Waals surface area contributed by atoms with Crippen LogP contribution < -0.4 is 0 Å². The van der Waals surface area contributed by atoms with Crippen LogP contribution in [0.4, 0.5) is 4.39 Å². The molecule has 0 aliphatic carbocycles. The van der Waals surface area contributed by atoms with Crippen molar-refractivity contribution in [1.82, 2.24) is 0 Å². The molecule has 0 spiro atoms. The van der Waals surface area contributed by atoms with Crippen LogP contribution in [0.5, 0.6) is 0 Å². The van der Waals surface area contributed by atoms with E-state index in [2.05, 4.69) is 0 Å². The quantitative estimate of drug-likeness (QED) is 0.708. The monoisotopic (exact) mass is 204 g/mol. The van der Waals surface area contributed by atoms with Crippen molar-refractivity contribution >= 4 is 10.1 Å². The van der Waals surface area contributed by atoms with Gasteiger partial charge in [-0.3, -0.25) is 4.55 Å². The molecule has 0 saturated heterocycles. The van der Waals surface area contributed by atoms with Crippen molar-refractivity contribution in [1.29, 1.82) is 0 Å². The molecule has 0 fully saturated rings. The predicted octanol–water partition coefficient (Wildman–Crippen LogP) is 1.69. The van der Waals surface area contributed by atoms with E-state index in [4.69, 9.17) is 4.55 Å². The SMILES string of the molecule is Cc1ccc(S(=O)(=O)O)c(F)c1C. The van der Waals surface area contributed by atoms with Gasteiger partial charge in [-0.15, -0.1) is 0 Å². The number of benzene rings is 1. The van der Waals surface area contributed by atoms with Crippen LogP contribution in [0.2, 0.25) is 0 Å². The first kappa shape index (κ1) is 10.1. The predicted molar refractivity (Wildman–Crippen MR) is 45.7 cm³/mol. The largest absolute Gasteiger partial charge is 0.297 e. The van der Waals surface area contributed by atoms with E-state index in [9.17, 15) is 12.8 Å². The highest BCUT2D eigenvalue weighted by Crippen LogP contribution is 2.19. The van der Waals surface area contributed by atoms with Gasteiger partial charge in [-0.25, -0.2) is 4.39 Å². The van der Waals surface area contributed by atoms with Crippen LogP contribution in [0.1, 0.15) is 11.1 Å². The summed E-state index contributed by atoms with van der Waals surface area (Å²) in [5.41, 5.74) is 0.875. The normalized spacial score (nSPS) is 11.7. The van der Waals surface area contributed by atoms with Gasteiger partial charge in [-0.1, -0.05) is 6.07 Å². The average Bonchev–Trinajstić information content (AvgIpc) is 1.98. The van der Waals surface area contributed by atoms with Gasteiger partial charge in [-0.2, -0.15) is 8.42 Å². The van der Waals surface area contributed by atoms with E-state index in [1.54, 1.807) is 6.92 Å². The molecule has 0 unspecified atom stereocenters. The highest BCUT2D eigenvalue weighted by molar-refractivity contribution is 7.85. The second-order valence-corrected chi connectivity index (χ2v) is 4.18. The van der Waals surface area contributed by atoms with Crippen LogP contribution in [-0.4, -0.2) is 13.0 Å². The zero-order valence-electron chi connectivity index (χ0n) is 7.20. The summed E-state index contributed by atoms with van der Waals surface area (Å²) in [6, 6.07) is 2.49. The average molecular weight is 204 g/mol. The van der Waals surface area contributed by atoms with Crippen LogP contribution in [0.25, 0.3) is 0 Å². The summed E-state index contributed by atoms with van der Waals surface area (Å²) in [6.07, 6.45) is 0. The van der Waals surface area contributed by atoms with Crippen molar-refractivity contribution in [2.75, 3.05) is 0 Å². The van der Waals surface area contributed by atoms with Gasteiger partial charge >= 0.3 is 0 Å². The molecule has 1 aromatic carbocycles. The third kappa shape index (κ3) is 1.87. The lowest BCUT2D eigenvalue weighted by Crippen LogP contribution is -2.03. The number of hydrogen-bond donors (Lipinski definition) is 1. The molecule has 72 valence electrons. The van der Waals surface area contributed by atoms with E-state index in [0.717, 1.165) is 6.07 Å². The van der Waals surface area contributed by atoms with Crippen molar-refractivity contribution in [3.05, 3.63) is 29.1 Å². The Hall–Kier alpha value is -0.940. The van der Waals surface area contributed by atoms with E-state index in [1.165, 1.54) is 13.0 Å². The fraction of sp³-hybridized carbons (Fsp3) is 0.250. The van der Waals surface area contributed by atoms with Crippen LogP contribution >= 0.6 is 0 Å². The molecule has 5 heteroatoms. The van der Waals surface area contributed by atoms with E-state index < -0.39 is 20.8 Å². The fourth-order valence-electron chi connectivity index (χ4n) is 0.956. The van der Waals surface area contributed by atoms with Crippen molar-refractivity contribution in [2.24, 2.45) is 0 Å². The van der Waals surface area contributed by atoms with Gasteiger partial charge < -0.3 is 0 Å². The van der Waals surface area contributed by atoms with E-state index in [-0.39, 0.29) is 5.56 Å². The minimum atomic E-state index is -4.45. The van der Waals surface area contributed by atoms with Gasteiger partial charge in [0.1, 0.15) is 10.7 Å². The summed E-state index contributed by atoms with van der Waals surface area (Å²) in [5, 5.41) is 0. The van der Waals surface area contributed by atoms with Gasteiger partial charge in [0.05, 0.1) is 0 Å². The molecule has 1 aromatic rings. The molecule has 0 amide bonds. The Balaban J connectivity index is 3.53. The molecule has 0 bridgehead atoms. The Bertz CT molecular complexity index is 437. The molecule has 1 rings (SSSR count). The van der Waals surface area contributed by atoms with Crippen LogP contribution in [0.15, 0.2) is 17.0 Å². The standard InChI is InChI=1S/C8H9FO3S/c1-5-3-4-7(13(10,11)12)8(9)6(5)2/h3-4H,1-2H3,(H,10,11,12). The Kier molecular flexibility index (Phi) is 2.40. The highest BCUT2D eigenvalue weighted by Gasteiger charge is 2.17. The summed E-state index contributed by atoms with van der Waals surface area (Å²) in [5.74, 6) is -0.887. The smallest absolute Gasteiger partial charge is 0.282 e. The molecule has 0 radical (unpaired) electrons. The summed E-state index contributed by atoms with van der Waals surface area (Å²) >= 11 is 0. The first-order valence-electron chi connectivity index (χ1n) is 3.57. The number of halogens is 1. The molecule has 0 heterocycles. The van der Waals surface area contributed by atoms with Gasteiger partial charge in [0.2, 0.25) is 0 Å². The number of hydrogen-bond acceptors (Lipinski definition) is 2. The van der Waals surface area contributed by atoms with Crippen molar-refractivity contribution in [2.45, 2.75) is 18.7 Å². The third-order valence-corrected chi connectivity index (χ3v) is 2.77. The Morgan fingerprint density at radius 1 is 1.31 bits per heavy atom. The zero-order valence-corrected chi connectivity index (χ0v) is 8.02. The van der Waals surface area contributed by atoms with Gasteiger partial charge in [0, 0.05) is 0 Å². The third-order valence-electron chi connectivity index (χ3n) is 1.90. The molecule has 3 nitrogen and oxygen atoms in total. The molecular weight excluding hydrogens is 195 g/mol. The maximum absolute atomic E-state index is 13.2. The number of rotatable bonds is 1. The van der Waals surface area contributed by atoms with Crippen LogP contribution in [0.3, 0.4) is 0 Å². The first-order valence-corrected chi connectivity index (χ1v) is 5.01. The van der Waals surface area contributed by atoms with E-state index in [1.807, 2.05) is 0 Å². The van der Waals surface area contributed by atoms with Crippen molar-refractivity contribution in [3.8, 4) is 0 Å². The minimum Gasteiger partial charge on any atom is -0.282 e. The van der Waals surface area contributed by atoms with Gasteiger partial charge in [-0.05, 0) is 31.0 Å². The summed E-state index contributed by atoms with van der Waals surface area (Å²) in [6.45, 7) is 3.12. The molecule has 13 heavy (non-hydrogen) atoms. The minimum absolute atomic E-state index is 0.232. The van der Waals surface area contributed by atoms with Gasteiger partial charge in [0.25, 0.3) is 10.1 Å². The molecule has 0 aliphatic heterocycles. The first-order chi connectivity index (χ1) is 5.84. The second kappa shape index (κ2) is 3.08. The molecule has 0 saturated carbocycles. The summed E-state index contributed by atoms with van der Waals surface area (Å²) < 4.78 is 43.1. The Labute approximate surface area is 76.0 Å². The summed E-state index contributed by atoms with van der Waals surface area (Å²) in [4.78, 5) is -0.671. The van der Waals surface area contributed by atoms with Crippen molar-refractivity contribution < 1.29 is 17.4 Å². The topological polar surface area (TPSA) is 54.4 Å².